The third-order valence-corrected chi connectivity index (χ3v) is 3.98. The molecule has 1 amide bonds. The van der Waals surface area contributed by atoms with E-state index in [1.54, 1.807) is 30.3 Å². The quantitative estimate of drug-likeness (QED) is 0.548. The van der Waals surface area contributed by atoms with E-state index in [4.69, 9.17) is 32.7 Å². The topological polar surface area (TPSA) is 81.7 Å². The first-order valence-electron chi connectivity index (χ1n) is 7.95. The summed E-state index contributed by atoms with van der Waals surface area (Å²) in [6.45, 7) is 2.44. The molecule has 8 heteroatoms. The molecular weight excluding hydrogens is 393 g/mol. The number of rotatable bonds is 7. The zero-order valence-corrected chi connectivity index (χ0v) is 16.1. The Morgan fingerprint density at radius 1 is 1.11 bits per heavy atom. The zero-order valence-electron chi connectivity index (χ0n) is 14.6. The summed E-state index contributed by atoms with van der Waals surface area (Å²) in [4.78, 5) is 35.4. The van der Waals surface area contributed by atoms with Crippen LogP contribution in [0.2, 0.25) is 10.0 Å². The maximum Gasteiger partial charge on any atom is 0.344 e. The van der Waals surface area contributed by atoms with Gasteiger partial charge in [-0.3, -0.25) is 9.59 Å². The van der Waals surface area contributed by atoms with Crippen LogP contribution in [0.3, 0.4) is 0 Å². The Balaban J connectivity index is 1.87. The van der Waals surface area contributed by atoms with E-state index >= 15 is 0 Å². The van der Waals surface area contributed by atoms with Crippen LogP contribution in [-0.4, -0.2) is 30.4 Å². The predicted octanol–water partition coefficient (Wildman–Crippen LogP) is 4.15. The maximum absolute atomic E-state index is 12.1. The molecule has 0 saturated carbocycles. The van der Waals surface area contributed by atoms with Crippen molar-refractivity contribution in [1.82, 2.24) is 0 Å². The van der Waals surface area contributed by atoms with Crippen molar-refractivity contribution >= 4 is 46.5 Å². The normalized spacial score (nSPS) is 11.4. The minimum absolute atomic E-state index is 0.122. The van der Waals surface area contributed by atoms with Crippen molar-refractivity contribution in [3.63, 3.8) is 0 Å². The number of anilines is 1. The molecule has 142 valence electrons. The number of esters is 1. The lowest BCUT2D eigenvalue weighted by Crippen LogP contribution is -2.31. The highest BCUT2D eigenvalue weighted by molar-refractivity contribution is 6.35. The van der Waals surface area contributed by atoms with Gasteiger partial charge in [0.05, 0.1) is 5.02 Å². The van der Waals surface area contributed by atoms with Crippen LogP contribution in [0.5, 0.6) is 5.75 Å². The molecule has 2 rings (SSSR count). The largest absolute Gasteiger partial charge is 0.480 e. The van der Waals surface area contributed by atoms with E-state index in [1.807, 2.05) is 0 Å². The second-order valence-corrected chi connectivity index (χ2v) is 6.47. The fraction of sp³-hybridized carbons (Fsp3) is 0.211. The molecule has 0 aromatic heterocycles. The second-order valence-electron chi connectivity index (χ2n) is 5.62. The number of nitrogens with one attached hydrogen (secondary N) is 1. The van der Waals surface area contributed by atoms with Crippen molar-refractivity contribution in [2.45, 2.75) is 20.0 Å². The molecule has 0 heterocycles. The summed E-state index contributed by atoms with van der Waals surface area (Å²) in [5, 5.41) is 3.28. The molecule has 0 bridgehead atoms. The van der Waals surface area contributed by atoms with Gasteiger partial charge in [0, 0.05) is 16.3 Å². The number of hydrogen-bond acceptors (Lipinski definition) is 5. The van der Waals surface area contributed by atoms with Gasteiger partial charge in [-0.1, -0.05) is 35.3 Å². The highest BCUT2D eigenvalue weighted by Gasteiger charge is 2.19. The summed E-state index contributed by atoms with van der Waals surface area (Å²) in [5.74, 6) is -1.12. The summed E-state index contributed by atoms with van der Waals surface area (Å²) in [6, 6.07) is 11.0. The average Bonchev–Trinajstić information content (AvgIpc) is 2.61. The smallest absolute Gasteiger partial charge is 0.344 e. The summed E-state index contributed by atoms with van der Waals surface area (Å²) in [6.07, 6.45) is -1.05. The molecule has 0 aliphatic carbocycles. The van der Waals surface area contributed by atoms with Crippen LogP contribution in [0.1, 0.15) is 24.2 Å². The molecular formula is C19H17Cl2NO5. The van der Waals surface area contributed by atoms with E-state index < -0.39 is 24.6 Å². The molecule has 2 aromatic rings. The third-order valence-electron chi connectivity index (χ3n) is 3.45. The SMILES string of the molecule is CC(=O)c1cccc(NC(=O)[C@@H](C)OC(=O)COc2ccc(Cl)cc2Cl)c1. The summed E-state index contributed by atoms with van der Waals surface area (Å²) >= 11 is 11.7. The van der Waals surface area contributed by atoms with Crippen molar-refractivity contribution < 1.29 is 23.9 Å². The number of carbonyl (C=O) groups excluding carboxylic acids is 3. The molecule has 1 N–H and O–H groups in total. The van der Waals surface area contributed by atoms with Gasteiger partial charge in [0.2, 0.25) is 0 Å². The number of halogens is 2. The van der Waals surface area contributed by atoms with Gasteiger partial charge in [-0.2, -0.15) is 0 Å². The highest BCUT2D eigenvalue weighted by Crippen LogP contribution is 2.27. The molecule has 1 atom stereocenters. The van der Waals surface area contributed by atoms with E-state index in [1.165, 1.54) is 26.0 Å². The molecule has 6 nitrogen and oxygen atoms in total. The van der Waals surface area contributed by atoms with Gasteiger partial charge in [-0.15, -0.1) is 0 Å². The summed E-state index contributed by atoms with van der Waals surface area (Å²) in [7, 11) is 0. The first kappa shape index (κ1) is 20.7. The number of ketones is 1. The molecule has 2 aromatic carbocycles. The van der Waals surface area contributed by atoms with Crippen LogP contribution in [0.4, 0.5) is 5.69 Å². The Labute approximate surface area is 166 Å². The van der Waals surface area contributed by atoms with Gasteiger partial charge in [0.1, 0.15) is 5.75 Å². The fourth-order valence-corrected chi connectivity index (χ4v) is 2.54. The Morgan fingerprint density at radius 2 is 1.85 bits per heavy atom. The van der Waals surface area contributed by atoms with Crippen LogP contribution >= 0.6 is 23.2 Å². The lowest BCUT2D eigenvalue weighted by Gasteiger charge is -2.14. The van der Waals surface area contributed by atoms with Crippen molar-refractivity contribution in [2.24, 2.45) is 0 Å². The van der Waals surface area contributed by atoms with E-state index in [-0.39, 0.29) is 16.6 Å². The lowest BCUT2D eigenvalue weighted by atomic mass is 10.1. The van der Waals surface area contributed by atoms with Gasteiger partial charge >= 0.3 is 5.97 Å². The van der Waals surface area contributed by atoms with Crippen molar-refractivity contribution in [1.29, 1.82) is 0 Å². The molecule has 0 unspecified atom stereocenters. The van der Waals surface area contributed by atoms with Crippen LogP contribution < -0.4 is 10.1 Å². The van der Waals surface area contributed by atoms with Gasteiger partial charge < -0.3 is 14.8 Å². The Morgan fingerprint density at radius 3 is 2.52 bits per heavy atom. The first-order valence-corrected chi connectivity index (χ1v) is 8.71. The van der Waals surface area contributed by atoms with E-state index in [0.717, 1.165) is 0 Å². The minimum Gasteiger partial charge on any atom is -0.480 e. The monoisotopic (exact) mass is 409 g/mol. The van der Waals surface area contributed by atoms with Crippen molar-refractivity contribution in [2.75, 3.05) is 11.9 Å². The van der Waals surface area contributed by atoms with Gasteiger partial charge in [0.15, 0.2) is 18.5 Å². The molecule has 0 aliphatic heterocycles. The number of Topliss-reactive ketones (excluding diaryl/α,β-unsaturated/α-hetero) is 1. The van der Waals surface area contributed by atoms with Gasteiger partial charge in [-0.05, 0) is 44.2 Å². The number of benzene rings is 2. The Hall–Kier alpha value is -2.57. The van der Waals surface area contributed by atoms with Gasteiger partial charge in [0.25, 0.3) is 5.91 Å². The van der Waals surface area contributed by atoms with E-state index in [0.29, 0.717) is 16.3 Å². The highest BCUT2D eigenvalue weighted by atomic mass is 35.5. The molecule has 27 heavy (non-hydrogen) atoms. The minimum atomic E-state index is -1.05. The Bertz CT molecular complexity index is 869. The molecule has 0 radical (unpaired) electrons. The van der Waals surface area contributed by atoms with Crippen molar-refractivity contribution in [3.8, 4) is 5.75 Å². The Kier molecular flexibility index (Phi) is 7.21. The predicted molar refractivity (Wildman–Crippen MR) is 103 cm³/mol. The fourth-order valence-electron chi connectivity index (χ4n) is 2.07. The molecule has 0 spiro atoms. The van der Waals surface area contributed by atoms with E-state index in [2.05, 4.69) is 5.32 Å². The number of carbonyl (C=O) groups is 3. The second kappa shape index (κ2) is 9.39. The van der Waals surface area contributed by atoms with Crippen molar-refractivity contribution in [3.05, 3.63) is 58.1 Å². The lowest BCUT2D eigenvalue weighted by molar-refractivity contribution is -0.155. The van der Waals surface area contributed by atoms with Crippen LogP contribution in [-0.2, 0) is 14.3 Å². The summed E-state index contributed by atoms with van der Waals surface area (Å²) < 4.78 is 10.3. The van der Waals surface area contributed by atoms with Gasteiger partial charge in [-0.25, -0.2) is 4.79 Å². The first-order chi connectivity index (χ1) is 12.8. The summed E-state index contributed by atoms with van der Waals surface area (Å²) in [5.41, 5.74) is 0.894. The zero-order chi connectivity index (χ0) is 20.0. The molecule has 0 saturated heterocycles. The van der Waals surface area contributed by atoms with E-state index in [9.17, 15) is 14.4 Å². The molecule has 0 aliphatic rings. The van der Waals surface area contributed by atoms with Crippen LogP contribution in [0, 0.1) is 0 Å². The third kappa shape index (κ3) is 6.27. The standard InChI is InChI=1S/C19H17Cl2NO5/c1-11(23)13-4-3-5-15(8-13)22-19(25)12(2)27-18(24)10-26-17-7-6-14(20)9-16(17)21/h3-9,12H,10H2,1-2H3,(H,22,25)/t12-/m1/s1. The number of ether oxygens (including phenoxy) is 2. The van der Waals surface area contributed by atoms with Crippen LogP contribution in [0.15, 0.2) is 42.5 Å². The number of amides is 1. The average molecular weight is 410 g/mol. The van der Waals surface area contributed by atoms with Crippen LogP contribution in [0.25, 0.3) is 0 Å². The number of hydrogen-bond donors (Lipinski definition) is 1. The maximum atomic E-state index is 12.1. The molecule has 0 fully saturated rings.